The highest BCUT2D eigenvalue weighted by molar-refractivity contribution is 7.45. The first kappa shape index (κ1) is 32.6. The number of unbranched alkanes of at least 4 members (excludes halogenated alkanes) is 6. The van der Waals surface area contributed by atoms with Crippen molar-refractivity contribution in [3.63, 3.8) is 0 Å². The Balaban J connectivity index is 1.87. The zero-order valence-electron chi connectivity index (χ0n) is 20.5. The molecule has 0 saturated carbocycles. The number of hydrogen-bond donors (Lipinski definition) is 6. The van der Waals surface area contributed by atoms with Gasteiger partial charge in [-0.25, -0.2) is 4.39 Å². The summed E-state index contributed by atoms with van der Waals surface area (Å²) in [6.07, 6.45) is -10.6. The molecule has 11 atom stereocenters. The molecule has 15 heteroatoms. The smallest absolute Gasteiger partial charge is 0.270 e. The first-order chi connectivity index (χ1) is 17.6. The molecule has 37 heavy (non-hydrogen) atoms. The number of rotatable bonds is 16. The van der Waals surface area contributed by atoms with Gasteiger partial charge in [0.1, 0.15) is 42.7 Å². The number of hydrogen-bond acceptors (Lipinski definition) is 13. The Morgan fingerprint density at radius 2 is 1.46 bits per heavy atom. The van der Waals surface area contributed by atoms with Gasteiger partial charge < -0.3 is 54.3 Å². The van der Waals surface area contributed by atoms with Crippen LogP contribution in [0.2, 0.25) is 0 Å². The molecule has 2 aliphatic heterocycles. The van der Waals surface area contributed by atoms with Crippen LogP contribution in [-0.2, 0) is 27.8 Å². The summed E-state index contributed by atoms with van der Waals surface area (Å²) in [5, 5.41) is 59.0. The van der Waals surface area contributed by atoms with Crippen LogP contribution in [0.25, 0.3) is 0 Å². The zero-order valence-corrected chi connectivity index (χ0v) is 21.4. The van der Waals surface area contributed by atoms with Crippen LogP contribution >= 0.6 is 7.82 Å². The molecule has 0 radical (unpaired) electrons. The summed E-state index contributed by atoms with van der Waals surface area (Å²) in [4.78, 5) is 12.2. The first-order valence-corrected chi connectivity index (χ1v) is 13.8. The van der Waals surface area contributed by atoms with E-state index < -0.39 is 82.5 Å². The van der Waals surface area contributed by atoms with Gasteiger partial charge in [0.15, 0.2) is 18.8 Å². The van der Waals surface area contributed by atoms with Crippen LogP contribution in [0.4, 0.5) is 4.39 Å². The molecule has 6 N–H and O–H groups in total. The maximum atomic E-state index is 15.1. The summed E-state index contributed by atoms with van der Waals surface area (Å²) < 4.78 is 52.3. The van der Waals surface area contributed by atoms with Gasteiger partial charge in [-0.05, 0) is 19.3 Å². The molecule has 1 unspecified atom stereocenters. The van der Waals surface area contributed by atoms with Gasteiger partial charge >= 0.3 is 0 Å². The second kappa shape index (κ2) is 15.9. The largest absolute Gasteiger partial charge is 0.756 e. The summed E-state index contributed by atoms with van der Waals surface area (Å²) in [6.45, 7) is 1.80. The fourth-order valence-electron chi connectivity index (χ4n) is 4.04. The van der Waals surface area contributed by atoms with Gasteiger partial charge in [-0.15, -0.1) is 6.58 Å². The molecular formula is C22H39FO13P-. The predicted molar refractivity (Wildman–Crippen MR) is 122 cm³/mol. The SMILES string of the molecule is C=CCCCCCCCCOP(=O)([O-])O[C@H]1O[C@H](CO)[C@@H](O[C@@H]2O[C@H](CO)[C@H](O)[C@H](O)[C@H]2O)[C@H](F)[C@@H]1O. The second-order valence-corrected chi connectivity index (χ2v) is 10.4. The lowest BCUT2D eigenvalue weighted by atomic mass is 9.97. The highest BCUT2D eigenvalue weighted by atomic mass is 31.2. The third-order valence-corrected chi connectivity index (χ3v) is 7.16. The van der Waals surface area contributed by atoms with E-state index >= 15 is 4.39 Å². The van der Waals surface area contributed by atoms with Gasteiger partial charge in [0.25, 0.3) is 7.82 Å². The van der Waals surface area contributed by atoms with Gasteiger partial charge in [-0.1, -0.05) is 31.8 Å². The third kappa shape index (κ3) is 9.53. The van der Waals surface area contributed by atoms with Crippen molar-refractivity contribution in [2.75, 3.05) is 19.8 Å². The van der Waals surface area contributed by atoms with E-state index in [-0.39, 0.29) is 6.61 Å². The van der Waals surface area contributed by atoms with Gasteiger partial charge in [0, 0.05) is 0 Å². The quantitative estimate of drug-likeness (QED) is 0.0761. The molecule has 0 aliphatic carbocycles. The first-order valence-electron chi connectivity index (χ1n) is 12.4. The van der Waals surface area contributed by atoms with Crippen LogP contribution in [0.5, 0.6) is 0 Å². The molecule has 2 fully saturated rings. The van der Waals surface area contributed by atoms with Crippen LogP contribution < -0.4 is 4.89 Å². The summed E-state index contributed by atoms with van der Waals surface area (Å²) in [7, 11) is -5.01. The number of aliphatic hydroxyl groups is 6. The highest BCUT2D eigenvalue weighted by Crippen LogP contribution is 2.43. The van der Waals surface area contributed by atoms with Crippen LogP contribution in [0.1, 0.15) is 44.9 Å². The normalized spacial score (nSPS) is 38.3. The van der Waals surface area contributed by atoms with E-state index in [0.29, 0.717) is 6.42 Å². The molecule has 0 amide bonds. The molecule has 0 aromatic heterocycles. The summed E-state index contributed by atoms with van der Waals surface area (Å²) in [6, 6.07) is 0. The number of phosphoric acid groups is 1. The predicted octanol–water partition coefficient (Wildman–Crippen LogP) is -0.994. The lowest BCUT2D eigenvalue weighted by Gasteiger charge is -2.45. The van der Waals surface area contributed by atoms with E-state index in [2.05, 4.69) is 6.58 Å². The van der Waals surface area contributed by atoms with Crippen molar-refractivity contribution in [3.05, 3.63) is 12.7 Å². The molecule has 0 aromatic carbocycles. The minimum atomic E-state index is -5.01. The number of phosphoric ester groups is 1. The maximum Gasteiger partial charge on any atom is 0.270 e. The molecule has 2 rings (SSSR count). The molecule has 2 saturated heterocycles. The van der Waals surface area contributed by atoms with Crippen molar-refractivity contribution in [2.45, 2.75) is 106 Å². The molecular weight excluding hydrogens is 522 g/mol. The summed E-state index contributed by atoms with van der Waals surface area (Å²) >= 11 is 0. The van der Waals surface area contributed by atoms with Crippen molar-refractivity contribution in [2.24, 2.45) is 0 Å². The number of aliphatic hydroxyl groups excluding tert-OH is 6. The number of halogens is 1. The van der Waals surface area contributed by atoms with Gasteiger partial charge in [-0.2, -0.15) is 0 Å². The van der Waals surface area contributed by atoms with E-state index in [1.165, 1.54) is 0 Å². The summed E-state index contributed by atoms with van der Waals surface area (Å²) in [5.41, 5.74) is 0. The van der Waals surface area contributed by atoms with Crippen molar-refractivity contribution in [1.82, 2.24) is 0 Å². The van der Waals surface area contributed by atoms with Crippen molar-refractivity contribution in [1.29, 1.82) is 0 Å². The molecule has 0 aromatic rings. The van der Waals surface area contributed by atoms with E-state index in [1.807, 2.05) is 6.08 Å². The molecule has 2 heterocycles. The van der Waals surface area contributed by atoms with Crippen molar-refractivity contribution in [3.8, 4) is 0 Å². The standard InChI is InChI=1S/C22H40FO13P/c1-2-3-4-5-6-7-8-9-10-32-37(30,31)36-22-17(27)15(23)20(14(12-25)34-22)35-21-19(29)18(28)16(26)13(11-24)33-21/h2,13-22,24-29H,1,3-12H2,(H,30,31)/p-1/t13-,14-,15-,16+,17+,18+,19-,20-,21+,22-/m1/s1. The fourth-order valence-corrected chi connectivity index (χ4v) is 4.89. The van der Waals surface area contributed by atoms with Crippen molar-refractivity contribution >= 4 is 7.82 Å². The van der Waals surface area contributed by atoms with Crippen molar-refractivity contribution < 1.29 is 67.7 Å². The minimum absolute atomic E-state index is 0.179. The van der Waals surface area contributed by atoms with E-state index in [9.17, 15) is 40.1 Å². The number of alkyl halides is 1. The van der Waals surface area contributed by atoms with Crippen LogP contribution in [0.3, 0.4) is 0 Å². The van der Waals surface area contributed by atoms with Gasteiger partial charge in [0.2, 0.25) is 0 Å². The van der Waals surface area contributed by atoms with Crippen LogP contribution in [0.15, 0.2) is 12.7 Å². The lowest BCUT2D eigenvalue weighted by molar-refractivity contribution is -0.351. The lowest BCUT2D eigenvalue weighted by Crippen LogP contribution is -2.63. The average Bonchev–Trinajstić information content (AvgIpc) is 2.87. The Morgan fingerprint density at radius 3 is 2.08 bits per heavy atom. The molecule has 13 nitrogen and oxygen atoms in total. The Morgan fingerprint density at radius 1 is 0.865 bits per heavy atom. The second-order valence-electron chi connectivity index (χ2n) is 9.04. The van der Waals surface area contributed by atoms with Gasteiger partial charge in [-0.3, -0.25) is 9.09 Å². The third-order valence-electron chi connectivity index (χ3n) is 6.20. The van der Waals surface area contributed by atoms with Crippen LogP contribution in [0, 0.1) is 0 Å². The molecule has 218 valence electrons. The average molecular weight is 562 g/mol. The fraction of sp³-hybridized carbons (Fsp3) is 0.909. The Labute approximate surface area is 215 Å². The maximum absolute atomic E-state index is 15.1. The summed E-state index contributed by atoms with van der Waals surface area (Å²) in [5.74, 6) is 0. The Kier molecular flexibility index (Phi) is 14.0. The van der Waals surface area contributed by atoms with E-state index in [1.54, 1.807) is 0 Å². The topological polar surface area (TPSA) is 208 Å². The Bertz CT molecular complexity index is 714. The minimum Gasteiger partial charge on any atom is -0.756 e. The zero-order chi connectivity index (χ0) is 27.6. The number of allylic oxidation sites excluding steroid dienone is 1. The monoisotopic (exact) mass is 561 g/mol. The highest BCUT2D eigenvalue weighted by Gasteiger charge is 2.52. The molecule has 0 spiro atoms. The van der Waals surface area contributed by atoms with Gasteiger partial charge in [0.05, 0.1) is 19.8 Å². The molecule has 0 bridgehead atoms. The van der Waals surface area contributed by atoms with E-state index in [4.69, 9.17) is 23.3 Å². The Hall–Kier alpha value is -0.580. The van der Waals surface area contributed by atoms with E-state index in [0.717, 1.165) is 38.5 Å². The van der Waals surface area contributed by atoms with Crippen LogP contribution in [-0.4, -0.2) is 112 Å². The number of ether oxygens (including phenoxy) is 3. The molecule has 2 aliphatic rings.